The van der Waals surface area contributed by atoms with E-state index in [4.69, 9.17) is 5.11 Å². The van der Waals surface area contributed by atoms with Crippen LogP contribution in [0.5, 0.6) is 0 Å². The molecule has 0 spiro atoms. The predicted octanol–water partition coefficient (Wildman–Crippen LogP) is 0.215. The normalized spacial score (nSPS) is 13.3. The highest BCUT2D eigenvalue weighted by atomic mass is 16.4. The van der Waals surface area contributed by atoms with E-state index in [0.29, 0.717) is 6.42 Å². The molecule has 0 fully saturated rings. The highest BCUT2D eigenvalue weighted by molar-refractivity contribution is 5.86. The minimum absolute atomic E-state index is 0.0916. The fourth-order valence-corrected chi connectivity index (χ4v) is 1.34. The third kappa shape index (κ3) is 5.58. The number of hydrogen-bond donors (Lipinski definition) is 2. The summed E-state index contributed by atoms with van der Waals surface area (Å²) in [7, 11) is 4.63. The van der Waals surface area contributed by atoms with E-state index >= 15 is 0 Å². The first-order valence-corrected chi connectivity index (χ1v) is 6.15. The van der Waals surface area contributed by atoms with Crippen molar-refractivity contribution < 1.29 is 19.5 Å². The Morgan fingerprint density at radius 3 is 2.11 bits per heavy atom. The Bertz CT molecular complexity index is 344. The van der Waals surface area contributed by atoms with Crippen LogP contribution in [-0.2, 0) is 9.59 Å². The molecule has 0 aromatic carbocycles. The number of nitrogens with one attached hydrogen (secondary N) is 1. The SMILES string of the molecule is CC[C@H](C)[C@H](NC(=O)N(C)CC(=O)N(C)C)C(=O)O. The van der Waals surface area contributed by atoms with Crippen molar-refractivity contribution in [2.24, 2.45) is 5.92 Å². The Morgan fingerprint density at radius 1 is 1.21 bits per heavy atom. The smallest absolute Gasteiger partial charge is 0.326 e. The highest BCUT2D eigenvalue weighted by Crippen LogP contribution is 2.08. The number of hydrogen-bond acceptors (Lipinski definition) is 3. The van der Waals surface area contributed by atoms with Gasteiger partial charge in [-0.05, 0) is 5.92 Å². The Kier molecular flexibility index (Phi) is 6.89. The van der Waals surface area contributed by atoms with Crippen molar-refractivity contribution in [1.29, 1.82) is 0 Å². The van der Waals surface area contributed by atoms with Crippen molar-refractivity contribution in [2.45, 2.75) is 26.3 Å². The van der Waals surface area contributed by atoms with Gasteiger partial charge in [0.05, 0.1) is 0 Å². The lowest BCUT2D eigenvalue weighted by Crippen LogP contribution is -2.51. The summed E-state index contributed by atoms with van der Waals surface area (Å²) in [5, 5.41) is 11.5. The largest absolute Gasteiger partial charge is 0.480 e. The number of urea groups is 1. The zero-order chi connectivity index (χ0) is 15.2. The molecule has 110 valence electrons. The Balaban J connectivity index is 4.56. The standard InChI is InChI=1S/C12H23N3O4/c1-6-8(2)10(11(17)18)13-12(19)15(5)7-9(16)14(3)4/h8,10H,6-7H2,1-5H3,(H,13,19)(H,17,18)/t8-,10-/m0/s1. The number of carbonyl (C=O) groups is 3. The van der Waals surface area contributed by atoms with Gasteiger partial charge in [-0.25, -0.2) is 9.59 Å². The maximum atomic E-state index is 11.8. The summed E-state index contributed by atoms with van der Waals surface area (Å²) in [6.07, 6.45) is 0.636. The molecule has 0 radical (unpaired) electrons. The molecule has 0 rings (SSSR count). The van der Waals surface area contributed by atoms with Crippen LogP contribution in [0.25, 0.3) is 0 Å². The molecule has 0 aliphatic carbocycles. The predicted molar refractivity (Wildman–Crippen MR) is 70.7 cm³/mol. The van der Waals surface area contributed by atoms with Gasteiger partial charge in [-0.3, -0.25) is 4.79 Å². The van der Waals surface area contributed by atoms with Gasteiger partial charge in [0.2, 0.25) is 5.91 Å². The topological polar surface area (TPSA) is 90.0 Å². The summed E-state index contributed by atoms with van der Waals surface area (Å²) in [4.78, 5) is 36.9. The van der Waals surface area contributed by atoms with E-state index in [2.05, 4.69) is 5.32 Å². The zero-order valence-electron chi connectivity index (χ0n) is 12.1. The van der Waals surface area contributed by atoms with Gasteiger partial charge in [0.25, 0.3) is 0 Å². The maximum Gasteiger partial charge on any atom is 0.326 e. The molecule has 19 heavy (non-hydrogen) atoms. The van der Waals surface area contributed by atoms with Gasteiger partial charge in [-0.2, -0.15) is 0 Å². The molecule has 0 saturated carbocycles. The molecule has 0 heterocycles. The first kappa shape index (κ1) is 17.2. The number of carbonyl (C=O) groups excluding carboxylic acids is 2. The number of carboxylic acids is 1. The monoisotopic (exact) mass is 273 g/mol. The molecule has 0 bridgehead atoms. The van der Waals surface area contributed by atoms with Crippen molar-refractivity contribution >= 4 is 17.9 Å². The molecule has 2 N–H and O–H groups in total. The van der Waals surface area contributed by atoms with Gasteiger partial charge >= 0.3 is 12.0 Å². The fraction of sp³-hybridized carbons (Fsp3) is 0.750. The second kappa shape index (κ2) is 7.60. The number of nitrogens with zero attached hydrogens (tertiary/aromatic N) is 2. The summed E-state index contributed by atoms with van der Waals surface area (Å²) in [5.41, 5.74) is 0. The lowest BCUT2D eigenvalue weighted by atomic mass is 9.99. The third-order valence-electron chi connectivity index (χ3n) is 2.98. The van der Waals surface area contributed by atoms with Gasteiger partial charge in [-0.1, -0.05) is 20.3 Å². The molecular formula is C12H23N3O4. The van der Waals surface area contributed by atoms with Crippen LogP contribution in [-0.4, -0.2) is 66.5 Å². The van der Waals surface area contributed by atoms with Gasteiger partial charge in [0.1, 0.15) is 12.6 Å². The van der Waals surface area contributed by atoms with Crippen LogP contribution >= 0.6 is 0 Å². The van der Waals surface area contributed by atoms with Crippen molar-refractivity contribution in [3.63, 3.8) is 0 Å². The molecule has 0 aromatic rings. The maximum absolute atomic E-state index is 11.8. The van der Waals surface area contributed by atoms with Crippen molar-refractivity contribution in [1.82, 2.24) is 15.1 Å². The van der Waals surface area contributed by atoms with Crippen molar-refractivity contribution in [3.8, 4) is 0 Å². The number of carboxylic acid groups (broad SMARTS) is 1. The molecule has 7 nitrogen and oxygen atoms in total. The highest BCUT2D eigenvalue weighted by Gasteiger charge is 2.27. The van der Waals surface area contributed by atoms with Crippen molar-refractivity contribution in [3.05, 3.63) is 0 Å². The molecular weight excluding hydrogens is 250 g/mol. The van der Waals surface area contributed by atoms with Crippen LogP contribution in [0.2, 0.25) is 0 Å². The van der Waals surface area contributed by atoms with Crippen LogP contribution < -0.4 is 5.32 Å². The number of rotatable bonds is 6. The van der Waals surface area contributed by atoms with Crippen LogP contribution in [0.4, 0.5) is 4.79 Å². The lowest BCUT2D eigenvalue weighted by molar-refractivity contribution is -0.140. The third-order valence-corrected chi connectivity index (χ3v) is 2.98. The summed E-state index contributed by atoms with van der Waals surface area (Å²) >= 11 is 0. The van der Waals surface area contributed by atoms with Gasteiger partial charge in [-0.15, -0.1) is 0 Å². The van der Waals surface area contributed by atoms with Gasteiger partial charge in [0, 0.05) is 21.1 Å². The molecule has 0 unspecified atom stereocenters. The second-order valence-corrected chi connectivity index (χ2v) is 4.80. The summed E-state index contributed by atoms with van der Waals surface area (Å²) in [6.45, 7) is 3.52. The van der Waals surface area contributed by atoms with E-state index in [0.717, 1.165) is 0 Å². The van der Waals surface area contributed by atoms with E-state index in [1.807, 2.05) is 6.92 Å². The zero-order valence-corrected chi connectivity index (χ0v) is 12.1. The van der Waals surface area contributed by atoms with Crippen LogP contribution in [0.3, 0.4) is 0 Å². The number of likely N-dealkylation sites (N-methyl/N-ethyl adjacent to an activating group) is 2. The van der Waals surface area contributed by atoms with E-state index < -0.39 is 18.0 Å². The minimum atomic E-state index is -1.07. The average Bonchev–Trinajstić information content (AvgIpc) is 2.33. The molecule has 3 amide bonds. The minimum Gasteiger partial charge on any atom is -0.480 e. The summed E-state index contributed by atoms with van der Waals surface area (Å²) in [5.74, 6) is -1.48. The van der Waals surface area contributed by atoms with Crippen LogP contribution in [0, 0.1) is 5.92 Å². The Labute approximate surface area is 113 Å². The summed E-state index contributed by atoms with van der Waals surface area (Å²) in [6, 6.07) is -1.52. The van der Waals surface area contributed by atoms with E-state index in [1.165, 1.54) is 16.8 Å². The Hall–Kier alpha value is -1.79. The van der Waals surface area contributed by atoms with Crippen LogP contribution in [0.1, 0.15) is 20.3 Å². The van der Waals surface area contributed by atoms with E-state index in [-0.39, 0.29) is 18.4 Å². The summed E-state index contributed by atoms with van der Waals surface area (Å²) < 4.78 is 0. The first-order chi connectivity index (χ1) is 8.70. The number of aliphatic carboxylic acids is 1. The fourth-order valence-electron chi connectivity index (χ4n) is 1.34. The lowest BCUT2D eigenvalue weighted by Gasteiger charge is -2.24. The molecule has 0 saturated heterocycles. The Morgan fingerprint density at radius 2 is 1.74 bits per heavy atom. The van der Waals surface area contributed by atoms with Crippen LogP contribution in [0.15, 0.2) is 0 Å². The van der Waals surface area contributed by atoms with Gasteiger partial charge < -0.3 is 20.2 Å². The molecule has 0 aliphatic rings. The average molecular weight is 273 g/mol. The van der Waals surface area contributed by atoms with E-state index in [1.54, 1.807) is 21.0 Å². The first-order valence-electron chi connectivity index (χ1n) is 6.15. The van der Waals surface area contributed by atoms with Gasteiger partial charge in [0.15, 0.2) is 0 Å². The molecule has 2 atom stereocenters. The van der Waals surface area contributed by atoms with E-state index in [9.17, 15) is 14.4 Å². The molecule has 0 aliphatic heterocycles. The quantitative estimate of drug-likeness (QED) is 0.724. The molecule has 7 heteroatoms. The second-order valence-electron chi connectivity index (χ2n) is 4.80. The van der Waals surface area contributed by atoms with Crippen molar-refractivity contribution in [2.75, 3.05) is 27.7 Å². The molecule has 0 aromatic heterocycles. The number of amides is 3.